The smallest absolute Gasteiger partial charge is 0.000216 e. The SMILES string of the molecule is CCCC(C)(CCCc1ccccc1)CNC. The van der Waals surface area contributed by atoms with Gasteiger partial charge >= 0.3 is 0 Å². The molecule has 0 saturated heterocycles. The minimum atomic E-state index is 0.471. The van der Waals surface area contributed by atoms with Crippen LogP contribution >= 0.6 is 0 Å². The van der Waals surface area contributed by atoms with Gasteiger partial charge in [0.25, 0.3) is 0 Å². The maximum absolute atomic E-state index is 3.34. The first-order valence-corrected chi connectivity index (χ1v) is 6.89. The molecule has 1 rings (SSSR count). The van der Waals surface area contributed by atoms with Gasteiger partial charge in [-0.2, -0.15) is 0 Å². The highest BCUT2D eigenvalue weighted by Gasteiger charge is 2.21. The quantitative estimate of drug-likeness (QED) is 0.714. The average Bonchev–Trinajstić information content (AvgIpc) is 2.31. The zero-order valence-corrected chi connectivity index (χ0v) is 11.6. The van der Waals surface area contributed by atoms with Crippen LogP contribution in [-0.4, -0.2) is 13.6 Å². The van der Waals surface area contributed by atoms with Gasteiger partial charge in [0.05, 0.1) is 0 Å². The minimum absolute atomic E-state index is 0.471. The molecule has 0 aromatic heterocycles. The van der Waals surface area contributed by atoms with Gasteiger partial charge in [-0.05, 0) is 43.7 Å². The van der Waals surface area contributed by atoms with E-state index < -0.39 is 0 Å². The van der Waals surface area contributed by atoms with Gasteiger partial charge < -0.3 is 5.32 Å². The van der Waals surface area contributed by atoms with Crippen molar-refractivity contribution in [1.82, 2.24) is 5.32 Å². The van der Waals surface area contributed by atoms with E-state index in [4.69, 9.17) is 0 Å². The molecule has 0 heterocycles. The van der Waals surface area contributed by atoms with Crippen LogP contribution in [0.25, 0.3) is 0 Å². The van der Waals surface area contributed by atoms with Gasteiger partial charge in [-0.25, -0.2) is 0 Å². The lowest BCUT2D eigenvalue weighted by Gasteiger charge is -2.29. The van der Waals surface area contributed by atoms with Gasteiger partial charge in [-0.3, -0.25) is 0 Å². The van der Waals surface area contributed by atoms with Crippen molar-refractivity contribution in [2.75, 3.05) is 13.6 Å². The number of aryl methyl sites for hydroxylation is 1. The minimum Gasteiger partial charge on any atom is -0.319 e. The Morgan fingerprint density at radius 2 is 1.82 bits per heavy atom. The average molecular weight is 233 g/mol. The van der Waals surface area contributed by atoms with Crippen LogP contribution in [0.5, 0.6) is 0 Å². The molecule has 0 amide bonds. The highest BCUT2D eigenvalue weighted by Crippen LogP contribution is 2.29. The zero-order chi connectivity index (χ0) is 12.6. The summed E-state index contributed by atoms with van der Waals surface area (Å²) in [6, 6.07) is 10.8. The van der Waals surface area contributed by atoms with Gasteiger partial charge in [-0.1, -0.05) is 50.6 Å². The molecule has 1 nitrogen and oxygen atoms in total. The van der Waals surface area contributed by atoms with E-state index in [2.05, 4.69) is 56.5 Å². The molecule has 96 valence electrons. The lowest BCUT2D eigenvalue weighted by molar-refractivity contribution is 0.256. The summed E-state index contributed by atoms with van der Waals surface area (Å²) < 4.78 is 0. The van der Waals surface area contributed by atoms with Gasteiger partial charge in [-0.15, -0.1) is 0 Å². The number of hydrogen-bond donors (Lipinski definition) is 1. The van der Waals surface area contributed by atoms with E-state index in [0.717, 1.165) is 6.54 Å². The first-order valence-electron chi connectivity index (χ1n) is 6.89. The van der Waals surface area contributed by atoms with E-state index in [-0.39, 0.29) is 0 Å². The fourth-order valence-electron chi connectivity index (χ4n) is 2.70. The second-order valence-corrected chi connectivity index (χ2v) is 5.43. The molecule has 1 atom stereocenters. The fraction of sp³-hybridized carbons (Fsp3) is 0.625. The highest BCUT2D eigenvalue weighted by molar-refractivity contribution is 5.14. The predicted molar refractivity (Wildman–Crippen MR) is 76.3 cm³/mol. The third-order valence-corrected chi connectivity index (χ3v) is 3.55. The Hall–Kier alpha value is -0.820. The zero-order valence-electron chi connectivity index (χ0n) is 11.6. The molecule has 0 saturated carbocycles. The Labute approximate surface area is 107 Å². The maximum atomic E-state index is 3.34. The summed E-state index contributed by atoms with van der Waals surface area (Å²) in [6.07, 6.45) is 6.43. The summed E-state index contributed by atoms with van der Waals surface area (Å²) >= 11 is 0. The molecule has 0 radical (unpaired) electrons. The van der Waals surface area contributed by atoms with Crippen LogP contribution in [0, 0.1) is 5.41 Å². The third kappa shape index (κ3) is 5.36. The van der Waals surface area contributed by atoms with Gasteiger partial charge in [0, 0.05) is 6.54 Å². The monoisotopic (exact) mass is 233 g/mol. The van der Waals surface area contributed by atoms with Crippen molar-refractivity contribution in [1.29, 1.82) is 0 Å². The Morgan fingerprint density at radius 3 is 2.41 bits per heavy atom. The summed E-state index contributed by atoms with van der Waals surface area (Å²) in [4.78, 5) is 0. The second kappa shape index (κ2) is 7.50. The topological polar surface area (TPSA) is 12.0 Å². The molecule has 0 aliphatic rings. The Morgan fingerprint density at radius 1 is 1.12 bits per heavy atom. The number of rotatable bonds is 8. The Balaban J connectivity index is 2.37. The molecular weight excluding hydrogens is 206 g/mol. The predicted octanol–water partition coefficient (Wildman–Crippen LogP) is 4.04. The summed E-state index contributed by atoms with van der Waals surface area (Å²) in [5.74, 6) is 0. The molecule has 0 bridgehead atoms. The molecule has 1 aromatic carbocycles. The van der Waals surface area contributed by atoms with Gasteiger partial charge in [0.15, 0.2) is 0 Å². The van der Waals surface area contributed by atoms with E-state index in [1.54, 1.807) is 0 Å². The van der Waals surface area contributed by atoms with Crippen LogP contribution in [0.15, 0.2) is 30.3 Å². The normalized spacial score (nSPS) is 14.5. The van der Waals surface area contributed by atoms with Crippen molar-refractivity contribution in [2.24, 2.45) is 5.41 Å². The molecule has 0 aliphatic carbocycles. The highest BCUT2D eigenvalue weighted by atomic mass is 14.8. The van der Waals surface area contributed by atoms with E-state index in [9.17, 15) is 0 Å². The van der Waals surface area contributed by atoms with Crippen LogP contribution < -0.4 is 5.32 Å². The largest absolute Gasteiger partial charge is 0.319 e. The number of benzene rings is 1. The lowest BCUT2D eigenvalue weighted by Crippen LogP contribution is -2.29. The molecular formula is C16H27N. The molecule has 1 heteroatoms. The van der Waals surface area contributed by atoms with Crippen LogP contribution in [0.4, 0.5) is 0 Å². The molecule has 1 unspecified atom stereocenters. The fourth-order valence-corrected chi connectivity index (χ4v) is 2.70. The van der Waals surface area contributed by atoms with Crippen LogP contribution in [0.1, 0.15) is 45.1 Å². The van der Waals surface area contributed by atoms with Crippen LogP contribution in [0.3, 0.4) is 0 Å². The Kier molecular flexibility index (Phi) is 6.28. The number of hydrogen-bond acceptors (Lipinski definition) is 1. The van der Waals surface area contributed by atoms with Crippen molar-refractivity contribution in [2.45, 2.75) is 46.0 Å². The number of nitrogens with one attached hydrogen (secondary N) is 1. The summed E-state index contributed by atoms with van der Waals surface area (Å²) in [5, 5.41) is 3.34. The van der Waals surface area contributed by atoms with Crippen LogP contribution in [-0.2, 0) is 6.42 Å². The molecule has 1 N–H and O–H groups in total. The van der Waals surface area contributed by atoms with Gasteiger partial charge in [0.1, 0.15) is 0 Å². The van der Waals surface area contributed by atoms with E-state index in [1.807, 2.05) is 0 Å². The Bertz CT molecular complexity index is 286. The first-order chi connectivity index (χ1) is 8.20. The molecule has 1 aromatic rings. The maximum Gasteiger partial charge on any atom is 0.000216 e. The second-order valence-electron chi connectivity index (χ2n) is 5.43. The third-order valence-electron chi connectivity index (χ3n) is 3.55. The lowest BCUT2D eigenvalue weighted by atomic mass is 9.80. The standard InChI is InChI=1S/C16H27N/c1-4-12-16(2,14-17-3)13-8-11-15-9-6-5-7-10-15/h5-7,9-10,17H,4,8,11-14H2,1-3H3. The summed E-state index contributed by atoms with van der Waals surface area (Å²) in [7, 11) is 2.06. The summed E-state index contributed by atoms with van der Waals surface area (Å²) in [6.45, 7) is 5.83. The van der Waals surface area contributed by atoms with E-state index >= 15 is 0 Å². The molecule has 0 fully saturated rings. The van der Waals surface area contributed by atoms with Crippen molar-refractivity contribution in [3.05, 3.63) is 35.9 Å². The molecule has 0 spiro atoms. The summed E-state index contributed by atoms with van der Waals surface area (Å²) in [5.41, 5.74) is 1.94. The van der Waals surface area contributed by atoms with Crippen molar-refractivity contribution in [3.8, 4) is 0 Å². The van der Waals surface area contributed by atoms with Crippen molar-refractivity contribution in [3.63, 3.8) is 0 Å². The van der Waals surface area contributed by atoms with Gasteiger partial charge in [0.2, 0.25) is 0 Å². The van der Waals surface area contributed by atoms with E-state index in [0.29, 0.717) is 5.41 Å². The molecule has 17 heavy (non-hydrogen) atoms. The van der Waals surface area contributed by atoms with Crippen molar-refractivity contribution >= 4 is 0 Å². The first kappa shape index (κ1) is 14.2. The van der Waals surface area contributed by atoms with Crippen LogP contribution in [0.2, 0.25) is 0 Å². The van der Waals surface area contributed by atoms with E-state index in [1.165, 1.54) is 37.7 Å². The molecule has 0 aliphatic heterocycles. The van der Waals surface area contributed by atoms with Crippen molar-refractivity contribution < 1.29 is 0 Å².